The smallest absolute Gasteiger partial charge is 0.0104 e. The van der Waals surface area contributed by atoms with E-state index in [1.807, 2.05) is 13.8 Å². The van der Waals surface area contributed by atoms with Crippen molar-refractivity contribution in [2.75, 3.05) is 6.54 Å². The van der Waals surface area contributed by atoms with Crippen molar-refractivity contribution in [3.63, 3.8) is 0 Å². The monoisotopic (exact) mass is 155 g/mol. The van der Waals surface area contributed by atoms with E-state index in [0.717, 1.165) is 18.0 Å². The highest BCUT2D eigenvalue weighted by molar-refractivity contribution is 4.97. The standard InChI is InChI=1S/C8H15N.C2H6/c1-6(2)9-5-7-3-8(9)4-7;1-2/h6-8H,3-5H2,1-2H3;1-2H3. The van der Waals surface area contributed by atoms with E-state index in [4.69, 9.17) is 0 Å². The van der Waals surface area contributed by atoms with Crippen molar-refractivity contribution in [3.05, 3.63) is 0 Å². The van der Waals surface area contributed by atoms with Crippen LogP contribution in [-0.4, -0.2) is 23.5 Å². The molecule has 1 aliphatic carbocycles. The van der Waals surface area contributed by atoms with Crippen LogP contribution in [0.2, 0.25) is 0 Å². The third kappa shape index (κ3) is 1.58. The molecule has 0 atom stereocenters. The van der Waals surface area contributed by atoms with E-state index in [1.54, 1.807) is 0 Å². The normalized spacial score (nSPS) is 34.6. The van der Waals surface area contributed by atoms with Gasteiger partial charge in [-0.2, -0.15) is 0 Å². The zero-order valence-corrected chi connectivity index (χ0v) is 8.30. The highest BCUT2D eigenvalue weighted by atomic mass is 15.2. The van der Waals surface area contributed by atoms with Gasteiger partial charge in [0.15, 0.2) is 0 Å². The van der Waals surface area contributed by atoms with E-state index in [1.165, 1.54) is 19.4 Å². The first-order valence-corrected chi connectivity index (χ1v) is 5.03. The zero-order chi connectivity index (χ0) is 8.43. The Morgan fingerprint density at radius 1 is 1.18 bits per heavy atom. The molecule has 0 aromatic heterocycles. The Morgan fingerprint density at radius 3 is 1.91 bits per heavy atom. The lowest BCUT2D eigenvalue weighted by Crippen LogP contribution is -2.33. The maximum absolute atomic E-state index is 2.64. The minimum atomic E-state index is 0.794. The molecule has 1 saturated carbocycles. The second kappa shape index (κ2) is 3.57. The van der Waals surface area contributed by atoms with Crippen LogP contribution in [0, 0.1) is 5.92 Å². The van der Waals surface area contributed by atoms with Crippen molar-refractivity contribution in [3.8, 4) is 0 Å². The molecule has 0 aromatic rings. The number of rotatable bonds is 1. The first-order valence-electron chi connectivity index (χ1n) is 5.03. The van der Waals surface area contributed by atoms with Crippen molar-refractivity contribution in [2.24, 2.45) is 5.92 Å². The van der Waals surface area contributed by atoms with Gasteiger partial charge in [-0.25, -0.2) is 0 Å². The molecule has 2 heterocycles. The molecule has 2 aliphatic heterocycles. The summed E-state index contributed by atoms with van der Waals surface area (Å²) < 4.78 is 0. The van der Waals surface area contributed by atoms with Crippen molar-refractivity contribution in [1.82, 2.24) is 4.90 Å². The highest BCUT2D eigenvalue weighted by Gasteiger charge is 2.43. The largest absolute Gasteiger partial charge is 0.298 e. The van der Waals surface area contributed by atoms with Gasteiger partial charge in [0, 0.05) is 18.6 Å². The van der Waals surface area contributed by atoms with Crippen molar-refractivity contribution in [1.29, 1.82) is 0 Å². The van der Waals surface area contributed by atoms with E-state index < -0.39 is 0 Å². The lowest BCUT2D eigenvalue weighted by atomic mass is 9.86. The molecule has 1 heteroatoms. The molecule has 0 amide bonds. The van der Waals surface area contributed by atoms with E-state index in [2.05, 4.69) is 18.7 Å². The lowest BCUT2D eigenvalue weighted by molar-refractivity contribution is 0.206. The Morgan fingerprint density at radius 2 is 1.73 bits per heavy atom. The van der Waals surface area contributed by atoms with Gasteiger partial charge in [-0.05, 0) is 32.6 Å². The molecule has 2 bridgehead atoms. The van der Waals surface area contributed by atoms with Gasteiger partial charge >= 0.3 is 0 Å². The molecule has 11 heavy (non-hydrogen) atoms. The van der Waals surface area contributed by atoms with Gasteiger partial charge in [0.1, 0.15) is 0 Å². The van der Waals surface area contributed by atoms with Crippen molar-refractivity contribution < 1.29 is 0 Å². The zero-order valence-electron chi connectivity index (χ0n) is 8.30. The van der Waals surface area contributed by atoms with Crippen LogP contribution in [0.5, 0.6) is 0 Å². The molecule has 3 rings (SSSR count). The van der Waals surface area contributed by atoms with E-state index in [9.17, 15) is 0 Å². The predicted molar refractivity (Wildman–Crippen MR) is 49.7 cm³/mol. The average molecular weight is 155 g/mol. The van der Waals surface area contributed by atoms with Gasteiger partial charge in [0.25, 0.3) is 0 Å². The molecular formula is C10H21N. The fraction of sp³-hybridized carbons (Fsp3) is 1.00. The van der Waals surface area contributed by atoms with Crippen molar-refractivity contribution in [2.45, 2.75) is 52.6 Å². The molecule has 0 N–H and O–H groups in total. The van der Waals surface area contributed by atoms with Crippen LogP contribution in [0.3, 0.4) is 0 Å². The molecule has 3 aliphatic rings. The summed E-state index contributed by atoms with van der Waals surface area (Å²) in [7, 11) is 0. The number of nitrogens with zero attached hydrogens (tertiary/aromatic N) is 1. The number of hydrogen-bond acceptors (Lipinski definition) is 1. The van der Waals surface area contributed by atoms with Crippen LogP contribution in [0.1, 0.15) is 40.5 Å². The third-order valence-electron chi connectivity index (χ3n) is 2.81. The number of fused-ring (bicyclic) bond motifs is 1. The molecule has 0 aromatic carbocycles. The van der Waals surface area contributed by atoms with Crippen LogP contribution >= 0.6 is 0 Å². The summed E-state index contributed by atoms with van der Waals surface area (Å²) in [5, 5.41) is 0. The third-order valence-corrected chi connectivity index (χ3v) is 2.81. The van der Waals surface area contributed by atoms with Gasteiger partial charge in [-0.1, -0.05) is 13.8 Å². The summed E-state index contributed by atoms with van der Waals surface area (Å²) in [5.74, 6) is 1.08. The second-order valence-corrected chi connectivity index (χ2v) is 3.78. The van der Waals surface area contributed by atoms with Crippen LogP contribution in [0.15, 0.2) is 0 Å². The topological polar surface area (TPSA) is 3.24 Å². The molecule has 66 valence electrons. The van der Waals surface area contributed by atoms with Crippen LogP contribution < -0.4 is 0 Å². The van der Waals surface area contributed by atoms with E-state index in [-0.39, 0.29) is 0 Å². The summed E-state index contributed by atoms with van der Waals surface area (Å²) in [6.07, 6.45) is 3.00. The molecule has 3 fully saturated rings. The van der Waals surface area contributed by atoms with Crippen LogP contribution in [0.25, 0.3) is 0 Å². The summed E-state index contributed by atoms with van der Waals surface area (Å²) in [4.78, 5) is 2.64. The fourth-order valence-corrected chi connectivity index (χ4v) is 2.20. The molecule has 1 nitrogen and oxygen atoms in total. The Hall–Kier alpha value is -0.0400. The van der Waals surface area contributed by atoms with Gasteiger partial charge < -0.3 is 0 Å². The number of hydrogen-bond donors (Lipinski definition) is 0. The molecule has 2 saturated heterocycles. The molecule has 0 spiro atoms. The molecule has 0 unspecified atom stereocenters. The second-order valence-electron chi connectivity index (χ2n) is 3.78. The van der Waals surface area contributed by atoms with Crippen molar-refractivity contribution >= 4 is 0 Å². The maximum atomic E-state index is 2.64. The van der Waals surface area contributed by atoms with Gasteiger partial charge in [0.05, 0.1) is 0 Å². The van der Waals surface area contributed by atoms with Gasteiger partial charge in [0.2, 0.25) is 0 Å². The predicted octanol–water partition coefficient (Wildman–Crippen LogP) is 2.52. The SMILES string of the molecule is CC.CC(C)N1CC2CC1C2. The first-order chi connectivity index (χ1) is 5.27. The summed E-state index contributed by atoms with van der Waals surface area (Å²) >= 11 is 0. The highest BCUT2D eigenvalue weighted by Crippen LogP contribution is 2.41. The van der Waals surface area contributed by atoms with Gasteiger partial charge in [-0.3, -0.25) is 4.90 Å². The Balaban J connectivity index is 0.000000281. The molecule has 0 radical (unpaired) electrons. The summed E-state index contributed by atoms with van der Waals surface area (Å²) in [6.45, 7) is 10.0. The quantitative estimate of drug-likeness (QED) is 0.562. The van der Waals surface area contributed by atoms with Gasteiger partial charge in [-0.15, -0.1) is 0 Å². The fourth-order valence-electron chi connectivity index (χ4n) is 2.20. The minimum absolute atomic E-state index is 0.794. The molecular weight excluding hydrogens is 134 g/mol. The lowest BCUT2D eigenvalue weighted by Gasteiger charge is -2.28. The first kappa shape index (κ1) is 9.05. The Labute approximate surface area is 70.8 Å². The average Bonchev–Trinajstić information content (AvgIpc) is 2.45. The van der Waals surface area contributed by atoms with E-state index >= 15 is 0 Å². The van der Waals surface area contributed by atoms with Crippen LogP contribution in [0.4, 0.5) is 0 Å². The van der Waals surface area contributed by atoms with Crippen LogP contribution in [-0.2, 0) is 0 Å². The Bertz CT molecular complexity index is 114. The maximum Gasteiger partial charge on any atom is 0.0104 e. The minimum Gasteiger partial charge on any atom is -0.298 e. The summed E-state index contributed by atoms with van der Waals surface area (Å²) in [6, 6.07) is 1.78. The van der Waals surface area contributed by atoms with E-state index in [0.29, 0.717) is 0 Å². The summed E-state index contributed by atoms with van der Waals surface area (Å²) in [5.41, 5.74) is 0. The Kier molecular flexibility index (Phi) is 2.94.